The number of rotatable bonds is 5. The molecule has 2 aliphatic rings. The minimum atomic E-state index is -0.900. The van der Waals surface area contributed by atoms with Crippen LogP contribution >= 0.6 is 0 Å². The highest BCUT2D eigenvalue weighted by molar-refractivity contribution is 6.02. The highest BCUT2D eigenvalue weighted by Gasteiger charge is 2.27. The number of hydrogen-bond acceptors (Lipinski definition) is 5. The lowest BCUT2D eigenvalue weighted by Crippen LogP contribution is -2.22. The van der Waals surface area contributed by atoms with E-state index >= 15 is 0 Å². The number of pyridine rings is 1. The molecule has 202 valence electrons. The molecule has 2 aromatic heterocycles. The number of aromatic nitrogens is 3. The summed E-state index contributed by atoms with van der Waals surface area (Å²) in [4.78, 5) is 26.8. The average Bonchev–Trinajstić information content (AvgIpc) is 3.82. The number of aryl methyl sites for hydroxylation is 2. The predicted molar refractivity (Wildman–Crippen MR) is 148 cm³/mol. The van der Waals surface area contributed by atoms with Crippen LogP contribution in [0.4, 0.5) is 31.2 Å². The molecule has 0 radical (unpaired) electrons. The third-order valence-electron chi connectivity index (χ3n) is 6.56. The number of halogens is 1. The smallest absolute Gasteiger partial charge is 0.404 e. The highest BCUT2D eigenvalue weighted by atomic mass is 19.1. The maximum absolute atomic E-state index is 13.9. The van der Waals surface area contributed by atoms with E-state index in [1.165, 1.54) is 6.07 Å². The Morgan fingerprint density at radius 3 is 2.38 bits per heavy atom. The average molecular weight is 532 g/mol. The fourth-order valence-electron chi connectivity index (χ4n) is 4.27. The van der Waals surface area contributed by atoms with Crippen LogP contribution in [0.3, 0.4) is 0 Å². The molecule has 0 bridgehead atoms. The quantitative estimate of drug-likeness (QED) is 0.226. The predicted octanol–water partition coefficient (Wildman–Crippen LogP) is 5.60. The zero-order chi connectivity index (χ0) is 27.7. The van der Waals surface area contributed by atoms with Gasteiger partial charge in [0.15, 0.2) is 11.5 Å². The first-order valence-electron chi connectivity index (χ1n) is 12.7. The number of benzene rings is 2. The second-order valence-corrected chi connectivity index (χ2v) is 9.94. The van der Waals surface area contributed by atoms with Gasteiger partial charge in [0.2, 0.25) is 0 Å². The number of nitrogens with zero attached hydrogens (tertiary/aromatic N) is 3. The van der Waals surface area contributed by atoms with Gasteiger partial charge in [-0.3, -0.25) is 0 Å². The van der Waals surface area contributed by atoms with Gasteiger partial charge in [0, 0.05) is 30.4 Å². The van der Waals surface area contributed by atoms with E-state index in [-0.39, 0.29) is 11.7 Å². The Bertz CT molecular complexity index is 1540. The molecule has 2 saturated carbocycles. The molecule has 6 rings (SSSR count). The molecule has 11 heteroatoms. The summed E-state index contributed by atoms with van der Waals surface area (Å²) in [5.74, 6) is 0.443. The van der Waals surface area contributed by atoms with Crippen LogP contribution in [0.5, 0.6) is 0 Å². The molecule has 3 amide bonds. The Hall–Kier alpha value is -4.67. The highest BCUT2D eigenvalue weighted by Crippen LogP contribution is 2.42. The Morgan fingerprint density at radius 2 is 1.77 bits per heavy atom. The second-order valence-electron chi connectivity index (χ2n) is 9.94. The zero-order valence-electron chi connectivity index (χ0n) is 21.7. The van der Waals surface area contributed by atoms with Gasteiger partial charge < -0.3 is 26.8 Å². The fraction of sp³-hybridized carbons (Fsp3) is 0.286. The molecule has 0 aliphatic heterocycles. The number of carbonyl (C=O) groups is 2. The van der Waals surface area contributed by atoms with E-state index in [4.69, 9.17) is 15.8 Å². The van der Waals surface area contributed by atoms with Crippen LogP contribution in [0.1, 0.15) is 42.9 Å². The maximum atomic E-state index is 13.9. The van der Waals surface area contributed by atoms with E-state index in [1.54, 1.807) is 28.9 Å². The van der Waals surface area contributed by atoms with Crippen molar-refractivity contribution in [2.75, 3.05) is 16.4 Å². The van der Waals surface area contributed by atoms with Crippen LogP contribution in [0, 0.1) is 12.7 Å². The van der Waals surface area contributed by atoms with Gasteiger partial charge in [-0.15, -0.1) is 0 Å². The topological polar surface area (TPSA) is 147 Å². The number of carboxylic acid groups (broad SMARTS) is 1. The molecular formula is C28H30FN7O3. The van der Waals surface area contributed by atoms with Gasteiger partial charge in [-0.2, -0.15) is 5.10 Å². The van der Waals surface area contributed by atoms with Crippen molar-refractivity contribution in [2.45, 2.75) is 44.6 Å². The molecular weight excluding hydrogens is 501 g/mol. The Morgan fingerprint density at radius 1 is 1.05 bits per heavy atom. The third kappa shape index (κ3) is 6.25. The molecule has 0 atom stereocenters. The normalized spacial score (nSPS) is 14.3. The van der Waals surface area contributed by atoms with E-state index in [1.807, 2.05) is 26.1 Å². The van der Waals surface area contributed by atoms with Crippen molar-refractivity contribution >= 4 is 40.4 Å². The molecule has 0 saturated heterocycles. The Kier molecular flexibility index (Phi) is 7.05. The van der Waals surface area contributed by atoms with Gasteiger partial charge in [-0.05, 0) is 79.6 Å². The third-order valence-corrected chi connectivity index (χ3v) is 6.56. The van der Waals surface area contributed by atoms with Gasteiger partial charge in [0.25, 0.3) is 0 Å². The SMILES string of the molecule is Cc1ccc(F)c(NC(=O)Nc2ccc(-c3cc(C4CC4)nc4c3c(N)nn4C)cc2)c1.O=C(O)NC1CC1. The number of amides is 3. The maximum Gasteiger partial charge on any atom is 0.404 e. The number of nitrogens with one attached hydrogen (secondary N) is 3. The largest absolute Gasteiger partial charge is 0.465 e. The first-order valence-corrected chi connectivity index (χ1v) is 12.7. The lowest BCUT2D eigenvalue weighted by Gasteiger charge is -2.11. The van der Waals surface area contributed by atoms with E-state index in [2.05, 4.69) is 27.1 Å². The van der Waals surface area contributed by atoms with Crippen LogP contribution in [0.15, 0.2) is 48.5 Å². The van der Waals surface area contributed by atoms with Crippen molar-refractivity contribution in [3.8, 4) is 11.1 Å². The van der Waals surface area contributed by atoms with Gasteiger partial charge in [-0.25, -0.2) is 23.6 Å². The molecule has 0 unspecified atom stereocenters. The van der Waals surface area contributed by atoms with Crippen molar-refractivity contribution in [3.05, 3.63) is 65.6 Å². The summed E-state index contributed by atoms with van der Waals surface area (Å²) in [6.07, 6.45) is 3.43. The van der Waals surface area contributed by atoms with Gasteiger partial charge in [-0.1, -0.05) is 18.2 Å². The van der Waals surface area contributed by atoms with Crippen LogP contribution in [0.2, 0.25) is 0 Å². The first kappa shape index (κ1) is 26.0. The van der Waals surface area contributed by atoms with E-state index in [0.29, 0.717) is 17.4 Å². The number of urea groups is 1. The molecule has 2 aliphatic carbocycles. The van der Waals surface area contributed by atoms with Crippen LogP contribution in [0.25, 0.3) is 22.2 Å². The summed E-state index contributed by atoms with van der Waals surface area (Å²) in [6.45, 7) is 1.83. The molecule has 0 spiro atoms. The summed E-state index contributed by atoms with van der Waals surface area (Å²) in [6, 6.07) is 13.9. The molecule has 2 aromatic carbocycles. The molecule has 2 fully saturated rings. The van der Waals surface area contributed by atoms with E-state index in [0.717, 1.165) is 59.1 Å². The summed E-state index contributed by atoms with van der Waals surface area (Å²) in [5.41, 5.74) is 11.5. The first-order chi connectivity index (χ1) is 18.7. The molecule has 4 aromatic rings. The summed E-state index contributed by atoms with van der Waals surface area (Å²) in [7, 11) is 1.84. The number of nitrogens with two attached hydrogens (primary N) is 1. The summed E-state index contributed by atoms with van der Waals surface area (Å²) in [5, 5.41) is 20.8. The number of anilines is 3. The van der Waals surface area contributed by atoms with Crippen molar-refractivity contribution in [2.24, 2.45) is 7.05 Å². The Balaban J connectivity index is 0.000000384. The van der Waals surface area contributed by atoms with Gasteiger partial charge in [0.05, 0.1) is 11.1 Å². The standard InChI is InChI=1S/C24H23FN6O.C4H7NO2/c1-13-3-10-18(25)20(11-13)29-24(32)27-16-8-6-14(7-9-16)17-12-19(15-4-5-15)28-23-21(17)22(26)30-31(23)2;6-4(7)5-3-1-2-3/h3,6-12,15H,4-5H2,1-2H3,(H2,26,30)(H2,27,29,32);3,5H,1-2H2,(H,6,7). The number of carbonyl (C=O) groups excluding carboxylic acids is 1. The van der Waals surface area contributed by atoms with Crippen molar-refractivity contribution in [1.29, 1.82) is 0 Å². The number of nitrogen functional groups attached to an aromatic ring is 1. The monoisotopic (exact) mass is 531 g/mol. The van der Waals surface area contributed by atoms with Gasteiger partial charge in [0.1, 0.15) is 5.82 Å². The van der Waals surface area contributed by atoms with Crippen molar-refractivity contribution in [3.63, 3.8) is 0 Å². The van der Waals surface area contributed by atoms with Crippen LogP contribution in [-0.2, 0) is 7.05 Å². The second kappa shape index (κ2) is 10.6. The Labute approximate surface area is 224 Å². The number of fused-ring (bicyclic) bond motifs is 1. The lowest BCUT2D eigenvalue weighted by atomic mass is 10.0. The molecule has 39 heavy (non-hydrogen) atoms. The molecule has 6 N–H and O–H groups in total. The van der Waals surface area contributed by atoms with E-state index < -0.39 is 17.9 Å². The van der Waals surface area contributed by atoms with Crippen LogP contribution < -0.4 is 21.7 Å². The summed E-state index contributed by atoms with van der Waals surface area (Å²) < 4.78 is 15.6. The number of hydrogen-bond donors (Lipinski definition) is 5. The molecule has 2 heterocycles. The summed E-state index contributed by atoms with van der Waals surface area (Å²) >= 11 is 0. The minimum absolute atomic E-state index is 0.137. The zero-order valence-corrected chi connectivity index (χ0v) is 21.7. The van der Waals surface area contributed by atoms with Crippen molar-refractivity contribution in [1.82, 2.24) is 20.1 Å². The van der Waals surface area contributed by atoms with Gasteiger partial charge >= 0.3 is 12.1 Å². The van der Waals surface area contributed by atoms with Crippen molar-refractivity contribution < 1.29 is 19.1 Å². The fourth-order valence-corrected chi connectivity index (χ4v) is 4.27. The van der Waals surface area contributed by atoms with Crippen LogP contribution in [-0.4, -0.2) is 38.0 Å². The lowest BCUT2D eigenvalue weighted by molar-refractivity contribution is 0.194. The minimum Gasteiger partial charge on any atom is -0.465 e. The molecule has 10 nitrogen and oxygen atoms in total. The van der Waals surface area contributed by atoms with E-state index in [9.17, 15) is 14.0 Å².